The quantitative estimate of drug-likeness (QED) is 0.143. The first kappa shape index (κ1) is 37.4. The van der Waals surface area contributed by atoms with Crippen LogP contribution >= 0.6 is 0 Å². The number of carboxylic acid groups (broad SMARTS) is 1. The van der Waals surface area contributed by atoms with E-state index in [1.165, 1.54) is 33.9 Å². The highest BCUT2D eigenvalue weighted by Crippen LogP contribution is 2.47. The van der Waals surface area contributed by atoms with Crippen molar-refractivity contribution in [2.24, 2.45) is 0 Å². The number of anilines is 1. The van der Waals surface area contributed by atoms with Crippen molar-refractivity contribution >= 4 is 35.1 Å². The molecule has 0 aliphatic carbocycles. The van der Waals surface area contributed by atoms with Crippen molar-refractivity contribution in [1.29, 1.82) is 0 Å². The number of carboxylic acids is 1. The van der Waals surface area contributed by atoms with Gasteiger partial charge >= 0.3 is 12.1 Å². The number of para-hydroxylation sites is 2. The molecule has 2 aliphatic heterocycles. The molecule has 0 unspecified atom stereocenters. The number of benzene rings is 2. The Morgan fingerprint density at radius 1 is 0.939 bits per heavy atom. The number of ether oxygens (including phenoxy) is 1. The monoisotopic (exact) mass is 671 g/mol. The molecule has 0 saturated heterocycles. The number of allylic oxidation sites excluding steroid dienone is 4. The molecule has 3 N–H and O–H groups in total. The van der Waals surface area contributed by atoms with E-state index in [-0.39, 0.29) is 23.2 Å². The normalized spacial score (nSPS) is 17.6. The number of fused-ring (bicyclic) bond motifs is 2. The minimum absolute atomic E-state index is 0.0103. The lowest BCUT2D eigenvalue weighted by atomic mass is 9.81. The molecule has 9 nitrogen and oxygen atoms in total. The first-order chi connectivity index (χ1) is 23.0. The van der Waals surface area contributed by atoms with Crippen molar-refractivity contribution in [2.75, 3.05) is 25.0 Å². The molecule has 4 rings (SSSR count). The van der Waals surface area contributed by atoms with Gasteiger partial charge < -0.3 is 25.4 Å². The predicted octanol–water partition coefficient (Wildman–Crippen LogP) is 7.37. The topological polar surface area (TPSA) is 111 Å². The van der Waals surface area contributed by atoms with Gasteiger partial charge in [0.25, 0.3) is 0 Å². The van der Waals surface area contributed by atoms with E-state index in [0.29, 0.717) is 25.8 Å². The van der Waals surface area contributed by atoms with Crippen LogP contribution < -0.4 is 15.5 Å². The number of aliphatic carboxylic acids is 1. The zero-order chi connectivity index (χ0) is 36.0. The molecule has 2 aromatic carbocycles. The van der Waals surface area contributed by atoms with E-state index in [0.717, 1.165) is 19.4 Å². The van der Waals surface area contributed by atoms with Crippen LogP contribution in [0.25, 0.3) is 0 Å². The average Bonchev–Trinajstić information content (AvgIpc) is 3.36. The summed E-state index contributed by atoms with van der Waals surface area (Å²) in [6.45, 7) is 15.5. The van der Waals surface area contributed by atoms with Gasteiger partial charge in [0.2, 0.25) is 11.6 Å². The van der Waals surface area contributed by atoms with Gasteiger partial charge in [-0.2, -0.15) is 4.58 Å². The third-order valence-corrected chi connectivity index (χ3v) is 9.51. The Kier molecular flexibility index (Phi) is 11.8. The number of unbranched alkanes of at least 4 members (excludes halogenated alkanes) is 2. The number of carbonyl (C=O) groups is 3. The third-order valence-electron chi connectivity index (χ3n) is 9.51. The number of amides is 2. The predicted molar refractivity (Wildman–Crippen MR) is 196 cm³/mol. The zero-order valence-corrected chi connectivity index (χ0v) is 30.6. The molecule has 0 radical (unpaired) electrons. The van der Waals surface area contributed by atoms with E-state index >= 15 is 0 Å². The van der Waals surface area contributed by atoms with Gasteiger partial charge in [-0.1, -0.05) is 56.3 Å². The number of nitrogens with zero attached hydrogens (tertiary/aromatic N) is 2. The second-order valence-corrected chi connectivity index (χ2v) is 15.1. The Morgan fingerprint density at radius 2 is 1.61 bits per heavy atom. The molecule has 0 spiro atoms. The SMILES string of the molecule is C[N+]1=C(C=CC=C2N(CCCCC(=O)NCCCC[C@H](NC(=O)OC(C)(C)C)C(=O)O)c3ccccc3C2(C)C)C(C)(C)c2ccccc21. The third kappa shape index (κ3) is 8.99. The highest BCUT2D eigenvalue weighted by atomic mass is 16.6. The molecule has 0 bridgehead atoms. The molecule has 1 atom stereocenters. The van der Waals surface area contributed by atoms with Crippen molar-refractivity contribution in [3.63, 3.8) is 0 Å². The molecule has 9 heteroatoms. The van der Waals surface area contributed by atoms with E-state index in [2.05, 4.69) is 122 Å². The molecule has 2 aliphatic rings. The van der Waals surface area contributed by atoms with Crippen LogP contribution in [-0.4, -0.2) is 65.1 Å². The molecular weight excluding hydrogens is 616 g/mol. The van der Waals surface area contributed by atoms with Crippen LogP contribution in [0.2, 0.25) is 0 Å². The van der Waals surface area contributed by atoms with Crippen LogP contribution in [0, 0.1) is 0 Å². The van der Waals surface area contributed by atoms with Crippen molar-refractivity contribution in [3.8, 4) is 0 Å². The first-order valence-electron chi connectivity index (χ1n) is 17.5. The molecule has 0 saturated carbocycles. The van der Waals surface area contributed by atoms with E-state index in [4.69, 9.17) is 4.74 Å². The van der Waals surface area contributed by atoms with Crippen molar-refractivity contribution in [2.45, 2.75) is 109 Å². The van der Waals surface area contributed by atoms with Gasteiger partial charge in [-0.3, -0.25) is 4.79 Å². The number of rotatable bonds is 14. The Balaban J connectivity index is 1.29. The van der Waals surface area contributed by atoms with Crippen LogP contribution in [0.1, 0.15) is 98.1 Å². The second-order valence-electron chi connectivity index (χ2n) is 15.1. The number of hydrogen-bond acceptors (Lipinski definition) is 5. The van der Waals surface area contributed by atoms with E-state index < -0.39 is 23.7 Å². The van der Waals surface area contributed by atoms with Crippen molar-refractivity contribution < 1.29 is 28.8 Å². The molecule has 264 valence electrons. The molecule has 2 aromatic rings. The fourth-order valence-corrected chi connectivity index (χ4v) is 6.97. The molecule has 0 fully saturated rings. The van der Waals surface area contributed by atoms with Crippen LogP contribution in [-0.2, 0) is 25.2 Å². The summed E-state index contributed by atoms with van der Waals surface area (Å²) in [6.07, 6.45) is 9.39. The highest BCUT2D eigenvalue weighted by Gasteiger charge is 2.43. The lowest BCUT2D eigenvalue weighted by Crippen LogP contribution is -2.43. The van der Waals surface area contributed by atoms with Gasteiger partial charge in [-0.15, -0.1) is 0 Å². The van der Waals surface area contributed by atoms with Gasteiger partial charge in [0, 0.05) is 54.0 Å². The van der Waals surface area contributed by atoms with Crippen LogP contribution in [0.5, 0.6) is 0 Å². The van der Waals surface area contributed by atoms with E-state index in [1.54, 1.807) is 20.8 Å². The maximum absolute atomic E-state index is 12.6. The van der Waals surface area contributed by atoms with E-state index in [9.17, 15) is 19.5 Å². The summed E-state index contributed by atoms with van der Waals surface area (Å²) in [4.78, 5) is 38.5. The highest BCUT2D eigenvalue weighted by molar-refractivity contribution is 6.03. The van der Waals surface area contributed by atoms with Crippen molar-refractivity contribution in [1.82, 2.24) is 10.6 Å². The summed E-state index contributed by atoms with van der Waals surface area (Å²) in [6, 6.07) is 16.2. The summed E-state index contributed by atoms with van der Waals surface area (Å²) in [5.74, 6) is -1.12. The zero-order valence-electron chi connectivity index (χ0n) is 30.6. The fourth-order valence-electron chi connectivity index (χ4n) is 6.97. The van der Waals surface area contributed by atoms with Crippen molar-refractivity contribution in [3.05, 3.63) is 83.6 Å². The van der Waals surface area contributed by atoms with Crippen LogP contribution in [0.15, 0.2) is 72.5 Å². The lowest BCUT2D eigenvalue weighted by Gasteiger charge is -2.27. The molecule has 2 heterocycles. The number of hydrogen-bond donors (Lipinski definition) is 3. The first-order valence-corrected chi connectivity index (χ1v) is 17.5. The van der Waals surface area contributed by atoms with Gasteiger partial charge in [0.05, 0.1) is 5.41 Å². The number of alkyl carbamates (subject to hydrolysis) is 1. The van der Waals surface area contributed by atoms with Gasteiger partial charge in [0.1, 0.15) is 18.7 Å². The fraction of sp³-hybridized carbons (Fsp3) is 0.500. The summed E-state index contributed by atoms with van der Waals surface area (Å²) in [5.41, 5.74) is 6.65. The van der Waals surface area contributed by atoms with E-state index in [1.807, 2.05) is 0 Å². The molecule has 2 amide bonds. The summed E-state index contributed by atoms with van der Waals surface area (Å²) in [7, 11) is 2.14. The maximum Gasteiger partial charge on any atom is 0.408 e. The average molecular weight is 672 g/mol. The van der Waals surface area contributed by atoms with Crippen LogP contribution in [0.3, 0.4) is 0 Å². The van der Waals surface area contributed by atoms with Gasteiger partial charge in [-0.05, 0) is 84.4 Å². The minimum Gasteiger partial charge on any atom is -0.480 e. The Labute approximate surface area is 292 Å². The molecular formula is C40H55N4O5+. The van der Waals surface area contributed by atoms with Gasteiger partial charge in [0.15, 0.2) is 5.71 Å². The Hall–Kier alpha value is -4.40. The Morgan fingerprint density at radius 3 is 2.29 bits per heavy atom. The number of nitrogens with one attached hydrogen (secondary N) is 2. The summed E-state index contributed by atoms with van der Waals surface area (Å²) in [5, 5.41) is 14.8. The standard InChI is InChI=1S/C40H54N4O5/c1-38(2,3)49-37(48)42-30(36(46)47)20-13-15-26-41-35(45)25-14-16-27-44-32-22-12-10-19-29(32)40(6,7)34(44)24-17-23-33-39(4,5)28-18-9-11-21-31(28)43(33)8/h9-12,17-19,21-24,30H,13-16,20,25-27H2,1-8H3,(H2-,41,42,45,46,47,48)/p+1/t30-/m0/s1. The lowest BCUT2D eigenvalue weighted by molar-refractivity contribution is -0.401. The molecule has 0 aromatic heterocycles. The summed E-state index contributed by atoms with van der Waals surface area (Å²) < 4.78 is 7.45. The second kappa shape index (κ2) is 15.4. The Bertz CT molecular complexity index is 1630. The summed E-state index contributed by atoms with van der Waals surface area (Å²) >= 11 is 0. The van der Waals surface area contributed by atoms with Gasteiger partial charge in [-0.25, -0.2) is 9.59 Å². The molecule has 49 heavy (non-hydrogen) atoms. The number of carbonyl (C=O) groups excluding carboxylic acids is 2. The maximum atomic E-state index is 12.6. The van der Waals surface area contributed by atoms with Crippen LogP contribution in [0.4, 0.5) is 16.2 Å². The largest absolute Gasteiger partial charge is 0.480 e. The minimum atomic E-state index is -1.11. The smallest absolute Gasteiger partial charge is 0.408 e.